The molecule has 0 spiro atoms. The van der Waals surface area contributed by atoms with Crippen LogP contribution in [0.25, 0.3) is 0 Å². The van der Waals surface area contributed by atoms with E-state index in [1.807, 2.05) is 5.32 Å². The number of nitrogens with two attached hydrogens (primary N) is 1. The maximum absolute atomic E-state index is 13.4. The van der Waals surface area contributed by atoms with Gasteiger partial charge in [0.1, 0.15) is 11.6 Å². The van der Waals surface area contributed by atoms with Crippen molar-refractivity contribution in [2.75, 3.05) is 11.9 Å². The number of amides is 2. The van der Waals surface area contributed by atoms with Crippen molar-refractivity contribution in [3.63, 3.8) is 0 Å². The van der Waals surface area contributed by atoms with Gasteiger partial charge < -0.3 is 10.6 Å². The molecule has 0 bridgehead atoms. The van der Waals surface area contributed by atoms with E-state index >= 15 is 0 Å². The molecule has 10 heteroatoms. The second kappa shape index (κ2) is 8.02. The standard InChI is InChI=1S/C16H15F2N3O4S/c17-11-3-6-13(18)14(9-11)21-16(23)15(22)20-8-7-10-1-4-12(5-2-10)26(19,24)25/h1-6,9H,7-8H2,(H,20,22)(H,21,23)(H2,19,24,25). The highest BCUT2D eigenvalue weighted by Crippen LogP contribution is 2.15. The number of carbonyl (C=O) groups is 2. The lowest BCUT2D eigenvalue weighted by molar-refractivity contribution is -0.136. The van der Waals surface area contributed by atoms with Crippen molar-refractivity contribution in [1.29, 1.82) is 0 Å². The van der Waals surface area contributed by atoms with Gasteiger partial charge in [0.05, 0.1) is 10.6 Å². The van der Waals surface area contributed by atoms with Gasteiger partial charge in [0, 0.05) is 12.6 Å². The average Bonchev–Trinajstić information content (AvgIpc) is 2.57. The van der Waals surface area contributed by atoms with Crippen LogP contribution in [-0.2, 0) is 26.0 Å². The summed E-state index contributed by atoms with van der Waals surface area (Å²) < 4.78 is 48.7. The zero-order valence-corrected chi connectivity index (χ0v) is 14.1. The first-order chi connectivity index (χ1) is 12.2. The molecular formula is C16H15F2N3O4S. The number of hydrogen-bond donors (Lipinski definition) is 3. The Kier molecular flexibility index (Phi) is 6.01. The van der Waals surface area contributed by atoms with Gasteiger partial charge in [0.15, 0.2) is 0 Å². The summed E-state index contributed by atoms with van der Waals surface area (Å²) in [7, 11) is -3.78. The number of hydrogen-bond acceptors (Lipinski definition) is 4. The predicted octanol–water partition coefficient (Wildman–Crippen LogP) is 0.910. The molecule has 0 saturated carbocycles. The van der Waals surface area contributed by atoms with Crippen LogP contribution in [-0.4, -0.2) is 26.8 Å². The van der Waals surface area contributed by atoms with Gasteiger partial charge >= 0.3 is 11.8 Å². The fraction of sp³-hybridized carbons (Fsp3) is 0.125. The summed E-state index contributed by atoms with van der Waals surface area (Å²) in [5, 5.41) is 9.28. The van der Waals surface area contributed by atoms with Crippen LogP contribution in [0.5, 0.6) is 0 Å². The van der Waals surface area contributed by atoms with Gasteiger partial charge in [-0.15, -0.1) is 0 Å². The highest BCUT2D eigenvalue weighted by molar-refractivity contribution is 7.89. The van der Waals surface area contributed by atoms with E-state index < -0.39 is 39.2 Å². The molecule has 2 amide bonds. The Balaban J connectivity index is 1.86. The smallest absolute Gasteiger partial charge is 0.313 e. The van der Waals surface area contributed by atoms with Crippen molar-refractivity contribution >= 4 is 27.5 Å². The van der Waals surface area contributed by atoms with Crippen molar-refractivity contribution < 1.29 is 26.8 Å². The fourth-order valence-corrected chi connectivity index (χ4v) is 2.53. The molecule has 7 nitrogen and oxygen atoms in total. The summed E-state index contributed by atoms with van der Waals surface area (Å²) in [5.74, 6) is -3.79. The van der Waals surface area contributed by atoms with Crippen LogP contribution >= 0.6 is 0 Å². The quantitative estimate of drug-likeness (QED) is 0.665. The summed E-state index contributed by atoms with van der Waals surface area (Å²) in [6.45, 7) is 0.0760. The lowest BCUT2D eigenvalue weighted by atomic mass is 10.1. The maximum atomic E-state index is 13.4. The molecule has 26 heavy (non-hydrogen) atoms. The van der Waals surface area contributed by atoms with E-state index in [1.54, 1.807) is 0 Å². The third-order valence-electron chi connectivity index (χ3n) is 3.33. The molecule has 2 rings (SSSR count). The highest BCUT2D eigenvalue weighted by Gasteiger charge is 2.15. The van der Waals surface area contributed by atoms with Gasteiger partial charge in [-0.1, -0.05) is 12.1 Å². The van der Waals surface area contributed by atoms with Crippen LogP contribution in [0, 0.1) is 11.6 Å². The first kappa shape index (κ1) is 19.5. The van der Waals surface area contributed by atoms with Gasteiger partial charge in [-0.25, -0.2) is 22.3 Å². The van der Waals surface area contributed by atoms with Gasteiger partial charge in [-0.05, 0) is 36.2 Å². The number of carbonyl (C=O) groups excluding carboxylic acids is 2. The van der Waals surface area contributed by atoms with Crippen molar-refractivity contribution in [2.24, 2.45) is 5.14 Å². The topological polar surface area (TPSA) is 118 Å². The molecule has 0 aromatic heterocycles. The summed E-state index contributed by atoms with van der Waals surface area (Å²) in [6, 6.07) is 8.16. The Morgan fingerprint density at radius 1 is 1.00 bits per heavy atom. The second-order valence-corrected chi connectivity index (χ2v) is 6.83. The third-order valence-corrected chi connectivity index (χ3v) is 4.26. The second-order valence-electron chi connectivity index (χ2n) is 5.27. The van der Waals surface area contributed by atoms with Crippen molar-refractivity contribution in [1.82, 2.24) is 5.32 Å². The lowest BCUT2D eigenvalue weighted by Gasteiger charge is -2.08. The zero-order chi connectivity index (χ0) is 19.3. The highest BCUT2D eigenvalue weighted by atomic mass is 32.2. The molecule has 4 N–H and O–H groups in total. The van der Waals surface area contributed by atoms with E-state index in [1.165, 1.54) is 24.3 Å². The average molecular weight is 383 g/mol. The molecule has 0 fully saturated rings. The van der Waals surface area contributed by atoms with E-state index in [-0.39, 0.29) is 11.4 Å². The molecule has 0 aliphatic rings. The monoisotopic (exact) mass is 383 g/mol. The van der Waals surface area contributed by atoms with E-state index in [0.717, 1.165) is 18.2 Å². The van der Waals surface area contributed by atoms with Crippen LogP contribution in [0.15, 0.2) is 47.4 Å². The van der Waals surface area contributed by atoms with Crippen LogP contribution in [0.1, 0.15) is 5.56 Å². The van der Waals surface area contributed by atoms with Gasteiger partial charge in [-0.2, -0.15) is 0 Å². The molecular weight excluding hydrogens is 368 g/mol. The Bertz CT molecular complexity index is 931. The molecule has 2 aromatic carbocycles. The Morgan fingerprint density at radius 2 is 1.65 bits per heavy atom. The fourth-order valence-electron chi connectivity index (χ4n) is 2.02. The molecule has 138 valence electrons. The lowest BCUT2D eigenvalue weighted by Crippen LogP contribution is -2.36. The minimum atomic E-state index is -3.78. The van der Waals surface area contributed by atoms with Gasteiger partial charge in [-0.3, -0.25) is 9.59 Å². The molecule has 0 heterocycles. The first-order valence-electron chi connectivity index (χ1n) is 7.33. The summed E-state index contributed by atoms with van der Waals surface area (Å²) in [5.41, 5.74) is 0.262. The predicted molar refractivity (Wildman–Crippen MR) is 89.5 cm³/mol. The van der Waals surface area contributed by atoms with Crippen LogP contribution < -0.4 is 15.8 Å². The number of nitrogens with one attached hydrogen (secondary N) is 2. The van der Waals surface area contributed by atoms with Crippen molar-refractivity contribution in [3.8, 4) is 0 Å². The maximum Gasteiger partial charge on any atom is 0.313 e. The number of anilines is 1. The Labute approximate surface area is 148 Å². The normalized spacial score (nSPS) is 11.0. The molecule has 0 aliphatic heterocycles. The summed E-state index contributed by atoms with van der Waals surface area (Å²) in [4.78, 5) is 23.3. The summed E-state index contributed by atoms with van der Waals surface area (Å²) in [6.07, 6.45) is 0.318. The zero-order valence-electron chi connectivity index (χ0n) is 13.3. The SMILES string of the molecule is NS(=O)(=O)c1ccc(CCNC(=O)C(=O)Nc2cc(F)ccc2F)cc1. The Hall–Kier alpha value is -2.85. The minimum absolute atomic E-state index is 0.0400. The van der Waals surface area contributed by atoms with Gasteiger partial charge in [0.25, 0.3) is 0 Å². The van der Waals surface area contributed by atoms with E-state index in [9.17, 15) is 26.8 Å². The number of primary sulfonamides is 1. The minimum Gasteiger partial charge on any atom is -0.347 e. The Morgan fingerprint density at radius 3 is 2.27 bits per heavy atom. The number of sulfonamides is 1. The number of benzene rings is 2. The molecule has 0 saturated heterocycles. The van der Waals surface area contributed by atoms with Crippen molar-refractivity contribution in [3.05, 3.63) is 59.7 Å². The van der Waals surface area contributed by atoms with Crippen LogP contribution in [0.2, 0.25) is 0 Å². The van der Waals surface area contributed by atoms with E-state index in [2.05, 4.69) is 5.32 Å². The molecule has 0 radical (unpaired) electrons. The largest absolute Gasteiger partial charge is 0.347 e. The van der Waals surface area contributed by atoms with Gasteiger partial charge in [0.2, 0.25) is 10.0 Å². The molecule has 0 atom stereocenters. The van der Waals surface area contributed by atoms with Crippen LogP contribution in [0.3, 0.4) is 0 Å². The van der Waals surface area contributed by atoms with E-state index in [4.69, 9.17) is 5.14 Å². The summed E-state index contributed by atoms with van der Waals surface area (Å²) >= 11 is 0. The van der Waals surface area contributed by atoms with Crippen molar-refractivity contribution in [2.45, 2.75) is 11.3 Å². The first-order valence-corrected chi connectivity index (χ1v) is 8.87. The number of halogens is 2. The van der Waals surface area contributed by atoms with Crippen LogP contribution in [0.4, 0.5) is 14.5 Å². The molecule has 0 aliphatic carbocycles. The third kappa shape index (κ3) is 5.33. The molecule has 0 unspecified atom stereocenters. The van der Waals surface area contributed by atoms with E-state index in [0.29, 0.717) is 12.0 Å². The number of rotatable bonds is 5. The molecule has 2 aromatic rings.